The van der Waals surface area contributed by atoms with Crippen molar-refractivity contribution in [3.8, 4) is 0 Å². The molecular weight excluding hydrogens is 202 g/mol. The van der Waals surface area contributed by atoms with E-state index in [1.165, 1.54) is 0 Å². The first kappa shape index (κ1) is 15.4. The Bertz CT molecular complexity index is 185. The van der Waals surface area contributed by atoms with Crippen molar-refractivity contribution >= 4 is 5.91 Å². The van der Waals surface area contributed by atoms with Crippen molar-refractivity contribution in [1.29, 1.82) is 0 Å². The number of rotatable bonds is 8. The molecule has 0 saturated carbocycles. The fraction of sp³-hybridized carbons (Fsp3) is 0.923. The molecule has 0 aromatic heterocycles. The number of hydrogen-bond donors (Lipinski definition) is 1. The lowest BCUT2D eigenvalue weighted by molar-refractivity contribution is -0.121. The SMILES string of the molecule is CCCCOCCNC(=O)CCC(C)(C)C. The number of ether oxygens (including phenoxy) is 1. The van der Waals surface area contributed by atoms with Crippen LogP contribution >= 0.6 is 0 Å². The van der Waals surface area contributed by atoms with Crippen molar-refractivity contribution in [2.45, 2.75) is 53.4 Å². The molecular formula is C13H27NO2. The van der Waals surface area contributed by atoms with E-state index in [0.717, 1.165) is 25.9 Å². The van der Waals surface area contributed by atoms with Crippen molar-refractivity contribution in [3.05, 3.63) is 0 Å². The highest BCUT2D eigenvalue weighted by Crippen LogP contribution is 2.19. The normalized spacial score (nSPS) is 11.5. The van der Waals surface area contributed by atoms with Crippen LogP contribution in [0.5, 0.6) is 0 Å². The molecule has 0 fully saturated rings. The van der Waals surface area contributed by atoms with Gasteiger partial charge in [-0.25, -0.2) is 0 Å². The zero-order chi connectivity index (χ0) is 12.4. The predicted molar refractivity (Wildman–Crippen MR) is 67.4 cm³/mol. The summed E-state index contributed by atoms with van der Waals surface area (Å²) in [5.74, 6) is 0.133. The minimum atomic E-state index is 0.133. The van der Waals surface area contributed by atoms with Gasteiger partial charge < -0.3 is 10.1 Å². The number of nitrogens with one attached hydrogen (secondary N) is 1. The Morgan fingerprint density at radius 1 is 1.25 bits per heavy atom. The van der Waals surface area contributed by atoms with E-state index in [-0.39, 0.29) is 11.3 Å². The summed E-state index contributed by atoms with van der Waals surface area (Å²) in [6.07, 6.45) is 3.78. The van der Waals surface area contributed by atoms with E-state index in [0.29, 0.717) is 19.6 Å². The van der Waals surface area contributed by atoms with E-state index in [9.17, 15) is 4.79 Å². The van der Waals surface area contributed by atoms with Gasteiger partial charge in [0.05, 0.1) is 6.61 Å². The van der Waals surface area contributed by atoms with Gasteiger partial charge in [-0.15, -0.1) is 0 Å². The third-order valence-corrected chi connectivity index (χ3v) is 2.31. The molecule has 0 bridgehead atoms. The highest BCUT2D eigenvalue weighted by Gasteiger charge is 2.12. The van der Waals surface area contributed by atoms with Gasteiger partial charge in [-0.3, -0.25) is 4.79 Å². The molecule has 0 saturated heterocycles. The van der Waals surface area contributed by atoms with Crippen LogP contribution in [0.1, 0.15) is 53.4 Å². The lowest BCUT2D eigenvalue weighted by Gasteiger charge is -2.17. The summed E-state index contributed by atoms with van der Waals surface area (Å²) in [4.78, 5) is 11.4. The molecule has 96 valence electrons. The molecule has 1 N–H and O–H groups in total. The van der Waals surface area contributed by atoms with E-state index in [1.54, 1.807) is 0 Å². The Balaban J connectivity index is 3.31. The first-order chi connectivity index (χ1) is 7.45. The fourth-order valence-electron chi connectivity index (χ4n) is 1.19. The quantitative estimate of drug-likeness (QED) is 0.650. The Labute approximate surface area is 99.9 Å². The topological polar surface area (TPSA) is 38.3 Å². The van der Waals surface area contributed by atoms with Crippen molar-refractivity contribution in [2.24, 2.45) is 5.41 Å². The molecule has 0 spiro atoms. The van der Waals surface area contributed by atoms with Gasteiger partial charge in [0, 0.05) is 19.6 Å². The van der Waals surface area contributed by atoms with Gasteiger partial charge in [0.2, 0.25) is 5.91 Å². The van der Waals surface area contributed by atoms with Crippen LogP contribution in [0.15, 0.2) is 0 Å². The molecule has 0 aliphatic rings. The summed E-state index contributed by atoms with van der Waals surface area (Å²) in [5.41, 5.74) is 0.231. The van der Waals surface area contributed by atoms with Crippen molar-refractivity contribution in [2.75, 3.05) is 19.8 Å². The average molecular weight is 229 g/mol. The third kappa shape index (κ3) is 11.5. The maximum atomic E-state index is 11.4. The number of amides is 1. The second-order valence-electron chi connectivity index (χ2n) is 5.38. The third-order valence-electron chi connectivity index (χ3n) is 2.31. The van der Waals surface area contributed by atoms with Gasteiger partial charge >= 0.3 is 0 Å². The van der Waals surface area contributed by atoms with Crippen LogP contribution in [0.25, 0.3) is 0 Å². The Hall–Kier alpha value is -0.570. The lowest BCUT2D eigenvalue weighted by atomic mass is 9.90. The van der Waals surface area contributed by atoms with Gasteiger partial charge in [-0.2, -0.15) is 0 Å². The maximum Gasteiger partial charge on any atom is 0.220 e. The standard InChI is InChI=1S/C13H27NO2/c1-5-6-10-16-11-9-14-12(15)7-8-13(2,3)4/h5-11H2,1-4H3,(H,14,15). The Morgan fingerprint density at radius 2 is 1.94 bits per heavy atom. The van der Waals surface area contributed by atoms with Crippen LogP contribution in [0.2, 0.25) is 0 Å². The monoisotopic (exact) mass is 229 g/mol. The van der Waals surface area contributed by atoms with Gasteiger partial charge in [0.15, 0.2) is 0 Å². The molecule has 3 nitrogen and oxygen atoms in total. The molecule has 0 aliphatic carbocycles. The van der Waals surface area contributed by atoms with Crippen LogP contribution < -0.4 is 5.32 Å². The zero-order valence-electron chi connectivity index (χ0n) is 11.3. The van der Waals surface area contributed by atoms with Gasteiger partial charge in [0.1, 0.15) is 0 Å². The molecule has 0 aliphatic heterocycles. The summed E-state index contributed by atoms with van der Waals surface area (Å²) >= 11 is 0. The minimum Gasteiger partial charge on any atom is -0.380 e. The maximum absolute atomic E-state index is 11.4. The summed E-state index contributed by atoms with van der Waals surface area (Å²) in [5, 5.41) is 2.87. The number of hydrogen-bond acceptors (Lipinski definition) is 2. The second-order valence-corrected chi connectivity index (χ2v) is 5.38. The predicted octanol–water partition coefficient (Wildman–Crippen LogP) is 2.75. The molecule has 0 unspecified atom stereocenters. The van der Waals surface area contributed by atoms with Crippen LogP contribution in [0.4, 0.5) is 0 Å². The average Bonchev–Trinajstić information content (AvgIpc) is 2.19. The van der Waals surface area contributed by atoms with Crippen LogP contribution in [-0.2, 0) is 9.53 Å². The first-order valence-electron chi connectivity index (χ1n) is 6.30. The highest BCUT2D eigenvalue weighted by atomic mass is 16.5. The second kappa shape index (κ2) is 8.57. The van der Waals surface area contributed by atoms with E-state index < -0.39 is 0 Å². The van der Waals surface area contributed by atoms with Crippen molar-refractivity contribution in [3.63, 3.8) is 0 Å². The molecule has 0 aromatic rings. The van der Waals surface area contributed by atoms with Gasteiger partial charge in [-0.05, 0) is 18.3 Å². The van der Waals surface area contributed by atoms with Crippen LogP contribution in [-0.4, -0.2) is 25.7 Å². The molecule has 0 rings (SSSR count). The van der Waals surface area contributed by atoms with E-state index >= 15 is 0 Å². The molecule has 0 heterocycles. The Morgan fingerprint density at radius 3 is 2.50 bits per heavy atom. The Kier molecular flexibility index (Phi) is 8.26. The van der Waals surface area contributed by atoms with E-state index in [1.807, 2.05) is 0 Å². The highest BCUT2D eigenvalue weighted by molar-refractivity contribution is 5.75. The van der Waals surface area contributed by atoms with Gasteiger partial charge in [-0.1, -0.05) is 34.1 Å². The van der Waals surface area contributed by atoms with Crippen molar-refractivity contribution in [1.82, 2.24) is 5.32 Å². The summed E-state index contributed by atoms with van der Waals surface area (Å²) in [7, 11) is 0. The molecule has 0 radical (unpaired) electrons. The smallest absolute Gasteiger partial charge is 0.220 e. The molecule has 0 atom stereocenters. The number of carbonyl (C=O) groups is 1. The summed E-state index contributed by atoms with van der Waals surface area (Å²) in [6.45, 7) is 10.6. The summed E-state index contributed by atoms with van der Waals surface area (Å²) < 4.78 is 5.36. The van der Waals surface area contributed by atoms with Crippen LogP contribution in [0.3, 0.4) is 0 Å². The molecule has 16 heavy (non-hydrogen) atoms. The van der Waals surface area contributed by atoms with Crippen molar-refractivity contribution < 1.29 is 9.53 Å². The molecule has 1 amide bonds. The molecule has 0 aromatic carbocycles. The molecule has 3 heteroatoms. The van der Waals surface area contributed by atoms with Gasteiger partial charge in [0.25, 0.3) is 0 Å². The lowest BCUT2D eigenvalue weighted by Crippen LogP contribution is -2.28. The van der Waals surface area contributed by atoms with Crippen LogP contribution in [0, 0.1) is 5.41 Å². The number of unbranched alkanes of at least 4 members (excludes halogenated alkanes) is 1. The van der Waals surface area contributed by atoms with E-state index in [2.05, 4.69) is 33.0 Å². The summed E-state index contributed by atoms with van der Waals surface area (Å²) in [6, 6.07) is 0. The first-order valence-corrected chi connectivity index (χ1v) is 6.30. The minimum absolute atomic E-state index is 0.133. The fourth-order valence-corrected chi connectivity index (χ4v) is 1.19. The largest absolute Gasteiger partial charge is 0.380 e. The van der Waals surface area contributed by atoms with E-state index in [4.69, 9.17) is 4.74 Å². The number of carbonyl (C=O) groups excluding carboxylic acids is 1. The zero-order valence-corrected chi connectivity index (χ0v) is 11.3.